The molecule has 2 aromatic heterocycles. The van der Waals surface area contributed by atoms with Crippen molar-refractivity contribution >= 4 is 33.1 Å². The minimum Gasteiger partial charge on any atom is -0.377 e. The van der Waals surface area contributed by atoms with E-state index < -0.39 is 20.6 Å². The van der Waals surface area contributed by atoms with Gasteiger partial charge >= 0.3 is 6.03 Å². The van der Waals surface area contributed by atoms with Crippen molar-refractivity contribution in [1.29, 1.82) is 0 Å². The van der Waals surface area contributed by atoms with Crippen molar-refractivity contribution in [3.05, 3.63) is 48.4 Å². The smallest absolute Gasteiger partial charge is 0.323 e. The Kier molecular flexibility index (Phi) is 7.56. The van der Waals surface area contributed by atoms with E-state index in [9.17, 15) is 13.2 Å². The first-order chi connectivity index (χ1) is 18.6. The van der Waals surface area contributed by atoms with Crippen LogP contribution in [0.4, 0.5) is 22.0 Å². The van der Waals surface area contributed by atoms with Crippen LogP contribution in [0.5, 0.6) is 0 Å². The molecule has 3 aromatic rings. The molecular formula is C26H34N8O4S. The van der Waals surface area contributed by atoms with Gasteiger partial charge in [-0.3, -0.25) is 4.68 Å². The van der Waals surface area contributed by atoms with Crippen molar-refractivity contribution < 1.29 is 17.9 Å². The number of anilines is 3. The Balaban J connectivity index is 1.48. The summed E-state index contributed by atoms with van der Waals surface area (Å²) in [6.07, 6.45) is 5.44. The number of benzene rings is 1. The molecule has 208 valence electrons. The van der Waals surface area contributed by atoms with Crippen LogP contribution in [0.1, 0.15) is 25.5 Å². The van der Waals surface area contributed by atoms with Crippen LogP contribution >= 0.6 is 0 Å². The molecule has 3 N–H and O–H groups in total. The summed E-state index contributed by atoms with van der Waals surface area (Å²) in [7, 11) is -1.71. The zero-order chi connectivity index (χ0) is 27.6. The van der Waals surface area contributed by atoms with Crippen LogP contribution in [-0.4, -0.2) is 79.3 Å². The van der Waals surface area contributed by atoms with Crippen molar-refractivity contribution in [2.45, 2.75) is 30.6 Å². The minimum atomic E-state index is -3.48. The summed E-state index contributed by atoms with van der Waals surface area (Å²) < 4.78 is 32.6. The molecule has 5 rings (SSSR count). The minimum absolute atomic E-state index is 0.0847. The molecule has 0 bridgehead atoms. The third-order valence-electron chi connectivity index (χ3n) is 7.33. The number of piperidine rings is 1. The number of aromatic nitrogens is 4. The van der Waals surface area contributed by atoms with Gasteiger partial charge < -0.3 is 25.6 Å². The molecular weight excluding hydrogens is 520 g/mol. The summed E-state index contributed by atoms with van der Waals surface area (Å²) in [6.45, 7) is 5.04. The molecule has 1 aromatic carbocycles. The lowest BCUT2D eigenvalue weighted by Crippen LogP contribution is -2.47. The van der Waals surface area contributed by atoms with E-state index in [1.807, 2.05) is 18.2 Å². The summed E-state index contributed by atoms with van der Waals surface area (Å²) in [5, 5.41) is 12.8. The molecule has 2 saturated heterocycles. The summed E-state index contributed by atoms with van der Waals surface area (Å²) in [4.78, 5) is 24.3. The van der Waals surface area contributed by atoms with E-state index in [4.69, 9.17) is 14.7 Å². The number of morpholine rings is 1. The standard InChI is InChI=1S/C26H34N8O4S/c1-18-17-38-13-12-34(18)23-14-22(26(39(3,36)37)8-10-27-11-9-26)31-24(32-23)19-4-6-20(7-5-19)29-25(35)30-21-15-28-33(2)16-21/h4-7,14-16,18,27H,8-13,17H2,1-3H3,(H2,29,30,35)/t18-/m0/s1. The van der Waals surface area contributed by atoms with Crippen LogP contribution in [0.2, 0.25) is 0 Å². The van der Waals surface area contributed by atoms with Crippen LogP contribution < -0.4 is 20.9 Å². The third kappa shape index (κ3) is 5.75. The maximum atomic E-state index is 13.2. The Morgan fingerprint density at radius 3 is 2.49 bits per heavy atom. The lowest BCUT2D eigenvalue weighted by atomic mass is 9.92. The fourth-order valence-corrected chi connectivity index (χ4v) is 6.57. The lowest BCUT2D eigenvalue weighted by molar-refractivity contribution is 0.0985. The molecule has 2 aliphatic rings. The van der Waals surface area contributed by atoms with E-state index in [0.29, 0.717) is 74.4 Å². The zero-order valence-corrected chi connectivity index (χ0v) is 23.2. The zero-order valence-electron chi connectivity index (χ0n) is 22.3. The van der Waals surface area contributed by atoms with Gasteiger partial charge in [-0.2, -0.15) is 5.10 Å². The molecule has 39 heavy (non-hydrogen) atoms. The van der Waals surface area contributed by atoms with Gasteiger partial charge in [0.1, 0.15) is 10.6 Å². The number of amides is 2. The Hall–Kier alpha value is -3.55. The van der Waals surface area contributed by atoms with E-state index in [-0.39, 0.29) is 6.04 Å². The molecule has 4 heterocycles. The lowest BCUT2D eigenvalue weighted by Gasteiger charge is -2.38. The molecule has 13 heteroatoms. The van der Waals surface area contributed by atoms with Gasteiger partial charge in [-0.1, -0.05) is 0 Å². The van der Waals surface area contributed by atoms with Gasteiger partial charge in [-0.05, 0) is 57.1 Å². The molecule has 12 nitrogen and oxygen atoms in total. The first kappa shape index (κ1) is 27.0. The first-order valence-corrected chi connectivity index (χ1v) is 14.9. The number of sulfone groups is 1. The quantitative estimate of drug-likeness (QED) is 0.418. The average molecular weight is 555 g/mol. The highest BCUT2D eigenvalue weighted by Gasteiger charge is 2.45. The fraction of sp³-hybridized carbons (Fsp3) is 0.462. The number of carbonyl (C=O) groups is 1. The highest BCUT2D eigenvalue weighted by Crippen LogP contribution is 2.39. The van der Waals surface area contributed by atoms with Crippen LogP contribution in [0.3, 0.4) is 0 Å². The number of rotatable bonds is 6. The second kappa shape index (κ2) is 10.9. The number of urea groups is 1. The van der Waals surface area contributed by atoms with Gasteiger partial charge in [0.15, 0.2) is 15.7 Å². The molecule has 0 aliphatic carbocycles. The summed E-state index contributed by atoms with van der Waals surface area (Å²) in [5.41, 5.74) is 2.40. The number of hydrogen-bond acceptors (Lipinski definition) is 9. The van der Waals surface area contributed by atoms with Crippen LogP contribution in [0.15, 0.2) is 42.7 Å². The predicted molar refractivity (Wildman–Crippen MR) is 150 cm³/mol. The summed E-state index contributed by atoms with van der Waals surface area (Å²) >= 11 is 0. The van der Waals surface area contributed by atoms with Gasteiger partial charge in [-0.15, -0.1) is 0 Å². The summed E-state index contributed by atoms with van der Waals surface area (Å²) in [6, 6.07) is 8.71. The molecule has 1 atom stereocenters. The number of ether oxygens (including phenoxy) is 1. The fourth-order valence-electron chi connectivity index (χ4n) is 5.14. The first-order valence-electron chi connectivity index (χ1n) is 13.0. The molecule has 0 radical (unpaired) electrons. The molecule has 2 fully saturated rings. The monoisotopic (exact) mass is 554 g/mol. The van der Waals surface area contributed by atoms with E-state index in [1.54, 1.807) is 36.3 Å². The molecule has 0 spiro atoms. The van der Waals surface area contributed by atoms with Gasteiger partial charge in [0, 0.05) is 43.4 Å². The normalized spacial score (nSPS) is 19.5. The van der Waals surface area contributed by atoms with Crippen molar-refractivity contribution in [1.82, 2.24) is 25.1 Å². The van der Waals surface area contributed by atoms with E-state index >= 15 is 0 Å². The number of hydrogen-bond donors (Lipinski definition) is 3. The third-order valence-corrected chi connectivity index (χ3v) is 9.36. The van der Waals surface area contributed by atoms with Crippen molar-refractivity contribution in [2.75, 3.05) is 54.6 Å². The van der Waals surface area contributed by atoms with Crippen LogP contribution in [0, 0.1) is 0 Å². The van der Waals surface area contributed by atoms with Gasteiger partial charge in [-0.25, -0.2) is 23.2 Å². The van der Waals surface area contributed by atoms with Gasteiger partial charge in [0.25, 0.3) is 0 Å². The predicted octanol–water partition coefficient (Wildman–Crippen LogP) is 2.37. The Bertz CT molecular complexity index is 1430. The topological polar surface area (TPSA) is 143 Å². The molecule has 0 saturated carbocycles. The van der Waals surface area contributed by atoms with Crippen LogP contribution in [0.25, 0.3) is 11.4 Å². The van der Waals surface area contributed by atoms with Crippen molar-refractivity contribution in [3.8, 4) is 11.4 Å². The number of nitrogens with one attached hydrogen (secondary N) is 3. The van der Waals surface area contributed by atoms with Crippen molar-refractivity contribution in [3.63, 3.8) is 0 Å². The second-order valence-corrected chi connectivity index (χ2v) is 12.5. The van der Waals surface area contributed by atoms with E-state index in [0.717, 1.165) is 5.56 Å². The number of carbonyl (C=O) groups excluding carboxylic acids is 1. The van der Waals surface area contributed by atoms with E-state index in [2.05, 4.69) is 32.9 Å². The number of nitrogens with zero attached hydrogens (tertiary/aromatic N) is 5. The maximum absolute atomic E-state index is 13.2. The SMILES string of the molecule is C[C@H]1COCCN1c1cc(C2(S(C)(=O)=O)CCNCC2)nc(-c2ccc(NC(=O)Nc3cnn(C)c3)cc2)n1. The van der Waals surface area contributed by atoms with Crippen LogP contribution in [-0.2, 0) is 26.4 Å². The Morgan fingerprint density at radius 2 is 1.85 bits per heavy atom. The Labute approximate surface area is 228 Å². The summed E-state index contributed by atoms with van der Waals surface area (Å²) in [5.74, 6) is 1.12. The van der Waals surface area contributed by atoms with Gasteiger partial charge in [0.05, 0.1) is 36.8 Å². The second-order valence-electron chi connectivity index (χ2n) is 10.1. The Morgan fingerprint density at radius 1 is 1.13 bits per heavy atom. The number of aryl methyl sites for hydroxylation is 1. The molecule has 0 unspecified atom stereocenters. The maximum Gasteiger partial charge on any atom is 0.323 e. The van der Waals surface area contributed by atoms with Gasteiger partial charge in [0.2, 0.25) is 0 Å². The molecule has 2 aliphatic heterocycles. The highest BCUT2D eigenvalue weighted by molar-refractivity contribution is 7.91. The van der Waals surface area contributed by atoms with E-state index in [1.165, 1.54) is 6.26 Å². The molecule has 2 amide bonds. The van der Waals surface area contributed by atoms with Crippen molar-refractivity contribution in [2.24, 2.45) is 7.05 Å². The largest absolute Gasteiger partial charge is 0.377 e. The highest BCUT2D eigenvalue weighted by atomic mass is 32.2. The average Bonchev–Trinajstić information content (AvgIpc) is 3.33.